The molecule has 1 fully saturated rings. The average molecular weight is 176 g/mol. The molecule has 1 heterocycles. The predicted octanol–water partition coefficient (Wildman–Crippen LogP) is 3.17. The Morgan fingerprint density at radius 1 is 1.08 bits per heavy atom. The summed E-state index contributed by atoms with van der Waals surface area (Å²) in [4.78, 5) is 0. The van der Waals surface area contributed by atoms with E-state index in [0.29, 0.717) is 12.2 Å². The molecule has 2 atom stereocenters. The molecule has 1 aliphatic heterocycles. The first-order valence-electron chi connectivity index (χ1n) is 4.79. The van der Waals surface area contributed by atoms with Crippen molar-refractivity contribution in [2.45, 2.75) is 33.0 Å². The fraction of sp³-hybridized carbons (Fsp3) is 0.500. The van der Waals surface area contributed by atoms with Gasteiger partial charge in [0.25, 0.3) is 0 Å². The monoisotopic (exact) mass is 176 g/mol. The number of benzene rings is 1. The molecule has 1 aromatic rings. The van der Waals surface area contributed by atoms with Crippen LogP contribution in [0.3, 0.4) is 0 Å². The van der Waals surface area contributed by atoms with Crippen molar-refractivity contribution in [3.63, 3.8) is 0 Å². The Morgan fingerprint density at radius 3 is 2.15 bits per heavy atom. The molecule has 0 unspecified atom stereocenters. The summed E-state index contributed by atoms with van der Waals surface area (Å²) < 4.78 is 5.67. The lowest BCUT2D eigenvalue weighted by Crippen LogP contribution is -2.14. The van der Waals surface area contributed by atoms with Gasteiger partial charge in [0.05, 0.1) is 6.10 Å². The van der Waals surface area contributed by atoms with Crippen molar-refractivity contribution in [2.75, 3.05) is 0 Å². The smallest absolute Gasteiger partial charge is 0.110 e. The SMILES string of the molecule is CC(C)(C)[C@@H]1O[C@H]1c1ccccc1. The maximum absolute atomic E-state index is 5.67. The van der Waals surface area contributed by atoms with Gasteiger partial charge in [0.1, 0.15) is 6.10 Å². The second kappa shape index (κ2) is 2.85. The van der Waals surface area contributed by atoms with Crippen LogP contribution >= 0.6 is 0 Å². The molecule has 1 nitrogen and oxygen atoms in total. The van der Waals surface area contributed by atoms with Crippen LogP contribution < -0.4 is 0 Å². The van der Waals surface area contributed by atoms with E-state index in [1.54, 1.807) is 0 Å². The van der Waals surface area contributed by atoms with E-state index in [2.05, 4.69) is 45.0 Å². The minimum atomic E-state index is 0.264. The van der Waals surface area contributed by atoms with E-state index < -0.39 is 0 Å². The zero-order chi connectivity index (χ0) is 9.47. The van der Waals surface area contributed by atoms with Crippen LogP contribution in [0.5, 0.6) is 0 Å². The van der Waals surface area contributed by atoms with Crippen LogP contribution in [0.2, 0.25) is 0 Å². The van der Waals surface area contributed by atoms with Gasteiger partial charge in [0, 0.05) is 0 Å². The lowest BCUT2D eigenvalue weighted by atomic mass is 9.88. The molecule has 0 spiro atoms. The molecule has 13 heavy (non-hydrogen) atoms. The number of rotatable bonds is 1. The molecular formula is C12H16O. The van der Waals surface area contributed by atoms with Gasteiger partial charge in [-0.1, -0.05) is 51.1 Å². The Kier molecular flexibility index (Phi) is 1.92. The lowest BCUT2D eigenvalue weighted by Gasteiger charge is -2.14. The summed E-state index contributed by atoms with van der Waals surface area (Å²) in [5.74, 6) is 0. The molecule has 2 rings (SSSR count). The normalized spacial score (nSPS) is 27.3. The first kappa shape index (κ1) is 8.76. The van der Waals surface area contributed by atoms with E-state index in [1.807, 2.05) is 6.07 Å². The van der Waals surface area contributed by atoms with Gasteiger partial charge in [-0.25, -0.2) is 0 Å². The third-order valence-electron chi connectivity index (χ3n) is 2.47. The summed E-state index contributed by atoms with van der Waals surface area (Å²) >= 11 is 0. The first-order chi connectivity index (χ1) is 6.09. The standard InChI is InChI=1S/C12H16O/c1-12(2,3)11-10(13-11)9-7-5-4-6-8-9/h4-8,10-11H,1-3H3/t10-,11+/m0/s1. The molecule has 0 aromatic heterocycles. The summed E-state index contributed by atoms with van der Waals surface area (Å²) in [5.41, 5.74) is 1.57. The van der Waals surface area contributed by atoms with Crippen molar-refractivity contribution in [3.05, 3.63) is 35.9 Å². The van der Waals surface area contributed by atoms with Crippen molar-refractivity contribution in [3.8, 4) is 0 Å². The molecule has 0 N–H and O–H groups in total. The van der Waals surface area contributed by atoms with Crippen LogP contribution in [0.4, 0.5) is 0 Å². The molecular weight excluding hydrogens is 160 g/mol. The molecule has 0 bridgehead atoms. The lowest BCUT2D eigenvalue weighted by molar-refractivity contribution is 0.261. The van der Waals surface area contributed by atoms with E-state index in [1.165, 1.54) is 5.56 Å². The van der Waals surface area contributed by atoms with Crippen LogP contribution in [-0.4, -0.2) is 6.10 Å². The highest BCUT2D eigenvalue weighted by atomic mass is 16.6. The van der Waals surface area contributed by atoms with Crippen molar-refractivity contribution in [1.82, 2.24) is 0 Å². The van der Waals surface area contributed by atoms with Gasteiger partial charge in [-0.2, -0.15) is 0 Å². The van der Waals surface area contributed by atoms with E-state index >= 15 is 0 Å². The topological polar surface area (TPSA) is 12.5 Å². The summed E-state index contributed by atoms with van der Waals surface area (Å²) in [6, 6.07) is 10.4. The third kappa shape index (κ3) is 1.75. The van der Waals surface area contributed by atoms with Crippen LogP contribution in [0.15, 0.2) is 30.3 Å². The third-order valence-corrected chi connectivity index (χ3v) is 2.47. The van der Waals surface area contributed by atoms with E-state index in [9.17, 15) is 0 Å². The molecule has 0 amide bonds. The predicted molar refractivity (Wildman–Crippen MR) is 53.5 cm³/mol. The maximum Gasteiger partial charge on any atom is 0.110 e. The van der Waals surface area contributed by atoms with Crippen LogP contribution in [0, 0.1) is 5.41 Å². The quantitative estimate of drug-likeness (QED) is 0.599. The Morgan fingerprint density at radius 2 is 1.69 bits per heavy atom. The van der Waals surface area contributed by atoms with Gasteiger partial charge in [0.2, 0.25) is 0 Å². The van der Waals surface area contributed by atoms with Gasteiger partial charge in [-0.3, -0.25) is 0 Å². The second-order valence-electron chi connectivity index (χ2n) is 4.75. The van der Waals surface area contributed by atoms with Gasteiger partial charge in [0.15, 0.2) is 0 Å². The number of hydrogen-bond acceptors (Lipinski definition) is 1. The van der Waals surface area contributed by atoms with Crippen molar-refractivity contribution in [2.24, 2.45) is 5.41 Å². The fourth-order valence-electron chi connectivity index (χ4n) is 1.67. The van der Waals surface area contributed by atoms with Gasteiger partial charge in [-0.15, -0.1) is 0 Å². The summed E-state index contributed by atoms with van der Waals surface area (Å²) in [7, 11) is 0. The number of ether oxygens (including phenoxy) is 1. The highest BCUT2D eigenvalue weighted by Crippen LogP contribution is 2.48. The highest BCUT2D eigenvalue weighted by Gasteiger charge is 2.47. The zero-order valence-electron chi connectivity index (χ0n) is 8.45. The molecule has 0 aliphatic carbocycles. The molecule has 1 heteroatoms. The maximum atomic E-state index is 5.67. The summed E-state index contributed by atoms with van der Waals surface area (Å²) in [5, 5.41) is 0. The Bertz CT molecular complexity index is 284. The minimum Gasteiger partial charge on any atom is -0.364 e. The largest absolute Gasteiger partial charge is 0.364 e. The van der Waals surface area contributed by atoms with Gasteiger partial charge in [-0.05, 0) is 11.0 Å². The van der Waals surface area contributed by atoms with E-state index in [-0.39, 0.29) is 5.41 Å². The summed E-state index contributed by atoms with van der Waals surface area (Å²) in [6.07, 6.45) is 0.732. The van der Waals surface area contributed by atoms with Crippen molar-refractivity contribution >= 4 is 0 Å². The Hall–Kier alpha value is -0.820. The minimum absolute atomic E-state index is 0.264. The Balaban J connectivity index is 2.09. The van der Waals surface area contributed by atoms with Crippen LogP contribution in [0.1, 0.15) is 32.4 Å². The first-order valence-corrected chi connectivity index (χ1v) is 4.79. The van der Waals surface area contributed by atoms with Crippen LogP contribution in [-0.2, 0) is 4.74 Å². The fourth-order valence-corrected chi connectivity index (χ4v) is 1.67. The summed E-state index contributed by atoms with van der Waals surface area (Å²) in [6.45, 7) is 6.67. The van der Waals surface area contributed by atoms with Gasteiger partial charge < -0.3 is 4.74 Å². The second-order valence-corrected chi connectivity index (χ2v) is 4.75. The van der Waals surface area contributed by atoms with E-state index in [4.69, 9.17) is 4.74 Å². The van der Waals surface area contributed by atoms with Crippen LogP contribution in [0.25, 0.3) is 0 Å². The molecule has 0 saturated carbocycles. The van der Waals surface area contributed by atoms with E-state index in [0.717, 1.165) is 0 Å². The average Bonchev–Trinajstić information content (AvgIpc) is 2.83. The number of epoxide rings is 1. The highest BCUT2D eigenvalue weighted by molar-refractivity contribution is 5.23. The number of hydrogen-bond donors (Lipinski definition) is 0. The Labute approximate surface area is 79.7 Å². The van der Waals surface area contributed by atoms with Gasteiger partial charge >= 0.3 is 0 Å². The molecule has 70 valence electrons. The molecule has 0 radical (unpaired) electrons. The zero-order valence-corrected chi connectivity index (χ0v) is 8.45. The molecule has 1 saturated heterocycles. The van der Waals surface area contributed by atoms with Crippen molar-refractivity contribution < 1.29 is 4.74 Å². The molecule has 1 aromatic carbocycles. The molecule has 1 aliphatic rings. The van der Waals surface area contributed by atoms with Crippen molar-refractivity contribution in [1.29, 1.82) is 0 Å².